The molecule has 31 heavy (non-hydrogen) atoms. The number of nitrogens with two attached hydrogens (primary N) is 1. The van der Waals surface area contributed by atoms with Crippen LogP contribution < -0.4 is 5.73 Å². The summed E-state index contributed by atoms with van der Waals surface area (Å²) < 4.78 is 53.0. The second-order valence-corrected chi connectivity index (χ2v) is 6.73. The van der Waals surface area contributed by atoms with Crippen LogP contribution in [0.25, 0.3) is 5.82 Å². The zero-order valence-corrected chi connectivity index (χ0v) is 16.4. The van der Waals surface area contributed by atoms with Crippen molar-refractivity contribution in [2.24, 2.45) is 5.73 Å². The van der Waals surface area contributed by atoms with Crippen molar-refractivity contribution < 1.29 is 27.2 Å². The number of hydrogen-bond donors (Lipinski definition) is 1. The molecule has 0 saturated carbocycles. The van der Waals surface area contributed by atoms with Gasteiger partial charge in [-0.2, -0.15) is 18.3 Å². The van der Waals surface area contributed by atoms with E-state index < -0.39 is 35.4 Å². The van der Waals surface area contributed by atoms with Crippen molar-refractivity contribution in [1.29, 1.82) is 0 Å². The van der Waals surface area contributed by atoms with Crippen molar-refractivity contribution in [2.75, 3.05) is 7.05 Å². The Morgan fingerprint density at radius 1 is 1.16 bits per heavy atom. The van der Waals surface area contributed by atoms with E-state index in [1.165, 1.54) is 43.0 Å². The molecule has 1 unspecified atom stereocenters. The Kier molecular flexibility index (Phi) is 5.78. The number of pyridine rings is 1. The van der Waals surface area contributed by atoms with Gasteiger partial charge >= 0.3 is 6.18 Å². The SMILES string of the molecule is Cc1c(C(=O)N(C)C(C(N)=O)c2cccc(F)c2)cnn1-c1ccc(C(F)(F)F)cn1. The lowest BCUT2D eigenvalue weighted by Crippen LogP contribution is -2.39. The maximum Gasteiger partial charge on any atom is 0.417 e. The number of nitrogens with zero attached hydrogens (tertiary/aromatic N) is 4. The predicted molar refractivity (Wildman–Crippen MR) is 102 cm³/mol. The van der Waals surface area contributed by atoms with E-state index in [0.29, 0.717) is 6.20 Å². The highest BCUT2D eigenvalue weighted by atomic mass is 19.4. The lowest BCUT2D eigenvalue weighted by Gasteiger charge is -2.26. The number of benzene rings is 1. The molecule has 7 nitrogen and oxygen atoms in total. The highest BCUT2D eigenvalue weighted by Crippen LogP contribution is 2.29. The first-order chi connectivity index (χ1) is 14.5. The van der Waals surface area contributed by atoms with Gasteiger partial charge in [-0.15, -0.1) is 0 Å². The van der Waals surface area contributed by atoms with Gasteiger partial charge in [0.15, 0.2) is 5.82 Å². The van der Waals surface area contributed by atoms with Gasteiger partial charge in [0.25, 0.3) is 5.91 Å². The molecule has 2 N–H and O–H groups in total. The van der Waals surface area contributed by atoms with Crippen LogP contribution in [0.15, 0.2) is 48.8 Å². The van der Waals surface area contributed by atoms with E-state index in [4.69, 9.17) is 5.73 Å². The first-order valence-electron chi connectivity index (χ1n) is 8.91. The molecule has 0 fully saturated rings. The number of carbonyl (C=O) groups excluding carboxylic acids is 2. The Morgan fingerprint density at radius 3 is 2.42 bits per heavy atom. The molecule has 2 heterocycles. The molecule has 0 aliphatic rings. The number of hydrogen-bond acceptors (Lipinski definition) is 4. The van der Waals surface area contributed by atoms with Gasteiger partial charge in [0.05, 0.1) is 23.0 Å². The standard InChI is InChI=1S/C20H17F4N5O2/c1-11-15(10-27-29(11)16-7-6-13(9-26-16)20(22,23)24)19(31)28(2)17(18(25)30)12-4-3-5-14(21)8-12/h3-10,17H,1-2H3,(H2,25,30). The highest BCUT2D eigenvalue weighted by molar-refractivity contribution is 5.98. The summed E-state index contributed by atoms with van der Waals surface area (Å²) in [5.41, 5.74) is 5.07. The van der Waals surface area contributed by atoms with Crippen LogP contribution >= 0.6 is 0 Å². The third kappa shape index (κ3) is 4.39. The molecule has 3 rings (SSSR count). The lowest BCUT2D eigenvalue weighted by molar-refractivity contribution is -0.137. The van der Waals surface area contributed by atoms with Crippen LogP contribution in [0.4, 0.5) is 17.6 Å². The Morgan fingerprint density at radius 2 is 1.87 bits per heavy atom. The second kappa shape index (κ2) is 8.17. The molecule has 0 saturated heterocycles. The fraction of sp³-hybridized carbons (Fsp3) is 0.200. The molecule has 1 aromatic carbocycles. The van der Waals surface area contributed by atoms with Gasteiger partial charge in [0.2, 0.25) is 5.91 Å². The zero-order chi connectivity index (χ0) is 22.9. The smallest absolute Gasteiger partial charge is 0.368 e. The van der Waals surface area contributed by atoms with Crippen LogP contribution in [-0.4, -0.2) is 38.5 Å². The van der Waals surface area contributed by atoms with Gasteiger partial charge in [0, 0.05) is 13.2 Å². The number of likely N-dealkylation sites (N-methyl/N-ethyl adjacent to an activating group) is 1. The topological polar surface area (TPSA) is 94.1 Å². The van der Waals surface area contributed by atoms with Gasteiger partial charge in [0.1, 0.15) is 11.9 Å². The number of alkyl halides is 3. The van der Waals surface area contributed by atoms with Crippen LogP contribution in [0.2, 0.25) is 0 Å². The number of carbonyl (C=O) groups is 2. The molecule has 11 heteroatoms. The van der Waals surface area contributed by atoms with Crippen LogP contribution in [-0.2, 0) is 11.0 Å². The third-order valence-corrected chi connectivity index (χ3v) is 4.67. The van der Waals surface area contributed by atoms with Gasteiger partial charge in [-0.25, -0.2) is 14.1 Å². The maximum atomic E-state index is 13.6. The van der Waals surface area contributed by atoms with Gasteiger partial charge < -0.3 is 10.6 Å². The molecular weight excluding hydrogens is 418 g/mol. The van der Waals surface area contributed by atoms with Crippen molar-refractivity contribution in [3.8, 4) is 5.82 Å². The summed E-state index contributed by atoms with van der Waals surface area (Å²) in [5, 5.41) is 4.02. The Labute approximate surface area is 174 Å². The number of primary amides is 1. The molecular formula is C20H17F4N5O2. The zero-order valence-electron chi connectivity index (χ0n) is 16.4. The molecule has 2 aromatic heterocycles. The number of aromatic nitrogens is 3. The number of halogens is 4. The van der Waals surface area contributed by atoms with E-state index in [1.807, 2.05) is 0 Å². The molecule has 1 atom stereocenters. The van der Waals surface area contributed by atoms with Crippen molar-refractivity contribution in [3.63, 3.8) is 0 Å². The molecule has 2 amide bonds. The summed E-state index contributed by atoms with van der Waals surface area (Å²) in [5.74, 6) is -2.02. The molecule has 0 spiro atoms. The summed E-state index contributed by atoms with van der Waals surface area (Å²) in [6.07, 6.45) is -2.66. The van der Waals surface area contributed by atoms with E-state index in [9.17, 15) is 27.2 Å². The van der Waals surface area contributed by atoms with E-state index in [-0.39, 0.29) is 22.6 Å². The normalized spacial score (nSPS) is 12.5. The summed E-state index contributed by atoms with van der Waals surface area (Å²) in [6, 6.07) is 5.87. The molecule has 0 aliphatic heterocycles. The summed E-state index contributed by atoms with van der Waals surface area (Å²) >= 11 is 0. The molecule has 162 valence electrons. The largest absolute Gasteiger partial charge is 0.417 e. The first kappa shape index (κ1) is 21.9. The molecule has 0 aliphatic carbocycles. The van der Waals surface area contributed by atoms with Crippen molar-refractivity contribution in [2.45, 2.75) is 19.1 Å². The monoisotopic (exact) mass is 435 g/mol. The average molecular weight is 435 g/mol. The minimum absolute atomic E-state index is 0.0729. The van der Waals surface area contributed by atoms with Gasteiger partial charge in [-0.1, -0.05) is 12.1 Å². The summed E-state index contributed by atoms with van der Waals surface area (Å²) in [7, 11) is 1.33. The van der Waals surface area contributed by atoms with Gasteiger partial charge in [-0.05, 0) is 36.8 Å². The van der Waals surface area contributed by atoms with E-state index in [2.05, 4.69) is 10.1 Å². The van der Waals surface area contributed by atoms with E-state index in [0.717, 1.165) is 23.1 Å². The van der Waals surface area contributed by atoms with Crippen molar-refractivity contribution >= 4 is 11.8 Å². The molecule has 3 aromatic rings. The maximum absolute atomic E-state index is 13.6. The third-order valence-electron chi connectivity index (χ3n) is 4.67. The quantitative estimate of drug-likeness (QED) is 0.624. The fourth-order valence-corrected chi connectivity index (χ4v) is 3.09. The lowest BCUT2D eigenvalue weighted by atomic mass is 10.0. The fourth-order valence-electron chi connectivity index (χ4n) is 3.09. The highest BCUT2D eigenvalue weighted by Gasteiger charge is 2.32. The minimum Gasteiger partial charge on any atom is -0.368 e. The van der Waals surface area contributed by atoms with E-state index >= 15 is 0 Å². The van der Waals surface area contributed by atoms with Gasteiger partial charge in [-0.3, -0.25) is 9.59 Å². The summed E-state index contributed by atoms with van der Waals surface area (Å²) in [4.78, 5) is 29.8. The first-order valence-corrected chi connectivity index (χ1v) is 8.91. The van der Waals surface area contributed by atoms with Crippen molar-refractivity contribution in [3.05, 3.63) is 77.0 Å². The number of rotatable bonds is 5. The Bertz CT molecular complexity index is 1130. The van der Waals surface area contributed by atoms with Crippen LogP contribution in [0, 0.1) is 12.7 Å². The Hall–Kier alpha value is -3.76. The van der Waals surface area contributed by atoms with Crippen LogP contribution in [0.3, 0.4) is 0 Å². The second-order valence-electron chi connectivity index (χ2n) is 6.73. The van der Waals surface area contributed by atoms with E-state index in [1.54, 1.807) is 0 Å². The van der Waals surface area contributed by atoms with Crippen LogP contribution in [0.5, 0.6) is 0 Å². The minimum atomic E-state index is -4.53. The van der Waals surface area contributed by atoms with Crippen LogP contribution in [0.1, 0.15) is 33.2 Å². The number of amides is 2. The molecule has 0 radical (unpaired) electrons. The molecule has 0 bridgehead atoms. The summed E-state index contributed by atoms with van der Waals surface area (Å²) in [6.45, 7) is 1.52. The predicted octanol–water partition coefficient (Wildman–Crippen LogP) is 3.03. The Balaban J connectivity index is 1.92. The van der Waals surface area contributed by atoms with Crippen molar-refractivity contribution in [1.82, 2.24) is 19.7 Å². The average Bonchev–Trinajstić information content (AvgIpc) is 3.08.